The second-order valence-electron chi connectivity index (χ2n) is 6.39. The Labute approximate surface area is 180 Å². The van der Waals surface area contributed by atoms with Crippen molar-refractivity contribution in [3.8, 4) is 0 Å². The molecule has 0 aliphatic rings. The number of nitrogens with one attached hydrogen (secondary N) is 2. The summed E-state index contributed by atoms with van der Waals surface area (Å²) in [6.07, 6.45) is 0. The smallest absolute Gasteiger partial charge is 0.336 e. The highest BCUT2D eigenvalue weighted by Gasteiger charge is 2.27. The van der Waals surface area contributed by atoms with Crippen LogP contribution in [0.15, 0.2) is 84.7 Å². The molecule has 0 fully saturated rings. The Morgan fingerprint density at radius 3 is 1.94 bits per heavy atom. The number of nitro groups is 2. The van der Waals surface area contributed by atoms with Crippen LogP contribution in [-0.2, 0) is 0 Å². The van der Waals surface area contributed by atoms with E-state index in [-0.39, 0.29) is 22.2 Å². The van der Waals surface area contributed by atoms with Crippen molar-refractivity contribution in [2.24, 2.45) is 0 Å². The summed E-state index contributed by atoms with van der Waals surface area (Å²) in [4.78, 5) is 26.5. The van der Waals surface area contributed by atoms with Crippen LogP contribution >= 0.6 is 11.3 Å². The van der Waals surface area contributed by atoms with E-state index >= 15 is 0 Å². The van der Waals surface area contributed by atoms with Crippen LogP contribution in [0.3, 0.4) is 0 Å². The van der Waals surface area contributed by atoms with Crippen molar-refractivity contribution in [3.05, 3.63) is 110 Å². The Morgan fingerprint density at radius 2 is 1.42 bits per heavy atom. The Kier molecular flexibility index (Phi) is 5.54. The summed E-state index contributed by atoms with van der Waals surface area (Å²) in [7, 11) is 0. The standard InChI is InChI=1S/C21H15N5O4S/c27-25(28)16-11-12-17-18(13-16)31-21(24-17)19(26(29)30)20(22-14-7-3-1-4-8-14)23-15-9-5-2-6-10-15/h1-13,22-23H. The van der Waals surface area contributed by atoms with Crippen LogP contribution in [0.2, 0.25) is 0 Å². The number of nitro benzene ring substituents is 1. The maximum Gasteiger partial charge on any atom is 0.345 e. The van der Waals surface area contributed by atoms with Gasteiger partial charge in [0.25, 0.3) is 5.69 Å². The number of rotatable bonds is 7. The number of thiazole rings is 1. The summed E-state index contributed by atoms with van der Waals surface area (Å²) in [6.45, 7) is 0. The van der Waals surface area contributed by atoms with Crippen molar-refractivity contribution in [3.63, 3.8) is 0 Å². The van der Waals surface area contributed by atoms with Crippen molar-refractivity contribution in [2.45, 2.75) is 0 Å². The number of nitrogens with zero attached hydrogens (tertiary/aromatic N) is 3. The largest absolute Gasteiger partial charge is 0.345 e. The third-order valence-corrected chi connectivity index (χ3v) is 5.32. The van der Waals surface area contributed by atoms with E-state index < -0.39 is 9.85 Å². The molecule has 1 heterocycles. The van der Waals surface area contributed by atoms with Gasteiger partial charge in [-0.05, 0) is 30.3 Å². The van der Waals surface area contributed by atoms with E-state index in [1.807, 2.05) is 36.4 Å². The van der Waals surface area contributed by atoms with Gasteiger partial charge in [0.2, 0.25) is 0 Å². The highest BCUT2D eigenvalue weighted by molar-refractivity contribution is 7.19. The number of hydrogen-bond donors (Lipinski definition) is 2. The number of aromatic nitrogens is 1. The van der Waals surface area contributed by atoms with E-state index in [1.54, 1.807) is 24.3 Å². The predicted molar refractivity (Wildman–Crippen MR) is 120 cm³/mol. The summed E-state index contributed by atoms with van der Waals surface area (Å²) in [5, 5.41) is 29.4. The van der Waals surface area contributed by atoms with Gasteiger partial charge in [-0.3, -0.25) is 20.2 Å². The van der Waals surface area contributed by atoms with Crippen molar-refractivity contribution < 1.29 is 9.85 Å². The first-order chi connectivity index (χ1) is 15.0. The van der Waals surface area contributed by atoms with E-state index in [1.165, 1.54) is 18.2 Å². The topological polar surface area (TPSA) is 123 Å². The van der Waals surface area contributed by atoms with Crippen LogP contribution < -0.4 is 10.6 Å². The molecule has 0 radical (unpaired) electrons. The fourth-order valence-electron chi connectivity index (χ4n) is 2.89. The van der Waals surface area contributed by atoms with Gasteiger partial charge < -0.3 is 10.6 Å². The quantitative estimate of drug-likeness (QED) is 0.298. The van der Waals surface area contributed by atoms with E-state index in [4.69, 9.17) is 0 Å². The van der Waals surface area contributed by atoms with E-state index in [2.05, 4.69) is 15.6 Å². The second kappa shape index (κ2) is 8.59. The van der Waals surface area contributed by atoms with Crippen LogP contribution in [0, 0.1) is 20.2 Å². The lowest BCUT2D eigenvalue weighted by Crippen LogP contribution is -2.16. The first-order valence-corrected chi connectivity index (χ1v) is 9.91. The molecule has 3 aromatic carbocycles. The lowest BCUT2D eigenvalue weighted by atomic mass is 10.3. The summed E-state index contributed by atoms with van der Waals surface area (Å²) in [6, 6.07) is 22.2. The summed E-state index contributed by atoms with van der Waals surface area (Å²) in [5.41, 5.74) is 1.38. The molecule has 0 aliphatic heterocycles. The van der Waals surface area contributed by atoms with Crippen LogP contribution in [0.5, 0.6) is 0 Å². The molecular weight excluding hydrogens is 418 g/mol. The number of para-hydroxylation sites is 2. The molecule has 9 nitrogen and oxygen atoms in total. The normalized spacial score (nSPS) is 10.5. The van der Waals surface area contributed by atoms with Gasteiger partial charge in [0.1, 0.15) is 0 Å². The molecule has 0 amide bonds. The highest BCUT2D eigenvalue weighted by Crippen LogP contribution is 2.32. The average Bonchev–Trinajstić information content (AvgIpc) is 3.17. The van der Waals surface area contributed by atoms with E-state index in [9.17, 15) is 20.2 Å². The molecule has 1 aromatic heterocycles. The fourth-order valence-corrected chi connectivity index (χ4v) is 3.91. The molecule has 0 spiro atoms. The molecule has 0 saturated carbocycles. The van der Waals surface area contributed by atoms with Crippen LogP contribution in [0.25, 0.3) is 15.9 Å². The summed E-state index contributed by atoms with van der Waals surface area (Å²) in [5.74, 6) is 0.135. The lowest BCUT2D eigenvalue weighted by molar-refractivity contribution is -0.384. The third kappa shape index (κ3) is 4.49. The SMILES string of the molecule is O=[N+]([O-])C(=C(Nc1ccccc1)Nc1ccccc1)c1nc2ccc([N+](=O)[O-])cc2s1. The Balaban J connectivity index is 1.85. The zero-order valence-electron chi connectivity index (χ0n) is 15.9. The van der Waals surface area contributed by atoms with Crippen molar-refractivity contribution in [1.82, 2.24) is 4.98 Å². The van der Waals surface area contributed by atoms with Crippen molar-refractivity contribution in [1.29, 1.82) is 0 Å². The Morgan fingerprint density at radius 1 is 0.839 bits per heavy atom. The minimum Gasteiger partial charge on any atom is -0.336 e. The van der Waals surface area contributed by atoms with Gasteiger partial charge in [-0.25, -0.2) is 4.98 Å². The van der Waals surface area contributed by atoms with Crippen molar-refractivity contribution in [2.75, 3.05) is 10.6 Å². The lowest BCUT2D eigenvalue weighted by Gasteiger charge is -2.13. The number of fused-ring (bicyclic) bond motifs is 1. The van der Waals surface area contributed by atoms with Crippen LogP contribution in [0.4, 0.5) is 17.1 Å². The van der Waals surface area contributed by atoms with Crippen LogP contribution in [-0.4, -0.2) is 14.8 Å². The fraction of sp³-hybridized carbons (Fsp3) is 0. The monoisotopic (exact) mass is 433 g/mol. The first-order valence-electron chi connectivity index (χ1n) is 9.09. The van der Waals surface area contributed by atoms with Gasteiger partial charge in [0, 0.05) is 23.5 Å². The number of non-ortho nitro benzene ring substituents is 1. The molecule has 0 bridgehead atoms. The molecule has 10 heteroatoms. The van der Waals surface area contributed by atoms with Gasteiger partial charge in [-0.15, -0.1) is 11.3 Å². The summed E-state index contributed by atoms with van der Waals surface area (Å²) < 4.78 is 0.488. The highest BCUT2D eigenvalue weighted by atomic mass is 32.1. The third-order valence-electron chi connectivity index (χ3n) is 4.29. The van der Waals surface area contributed by atoms with Crippen molar-refractivity contribution >= 4 is 44.3 Å². The maximum atomic E-state index is 12.1. The second-order valence-corrected chi connectivity index (χ2v) is 7.42. The molecule has 4 aromatic rings. The number of anilines is 2. The molecule has 0 unspecified atom stereocenters. The minimum atomic E-state index is -0.520. The van der Waals surface area contributed by atoms with Gasteiger partial charge in [0.15, 0.2) is 10.8 Å². The molecule has 0 saturated heterocycles. The minimum absolute atomic E-state index is 0.0978. The Bertz CT molecular complexity index is 1250. The summed E-state index contributed by atoms with van der Waals surface area (Å²) >= 11 is 1.02. The average molecular weight is 433 g/mol. The zero-order chi connectivity index (χ0) is 21.8. The predicted octanol–water partition coefficient (Wildman–Crippen LogP) is 5.33. The van der Waals surface area contributed by atoms with Gasteiger partial charge in [0.05, 0.1) is 20.1 Å². The molecule has 2 N–H and O–H groups in total. The molecular formula is C21H15N5O4S. The van der Waals surface area contributed by atoms with Crippen LogP contribution in [0.1, 0.15) is 5.01 Å². The van der Waals surface area contributed by atoms with Gasteiger partial charge in [-0.1, -0.05) is 36.4 Å². The molecule has 154 valence electrons. The zero-order valence-corrected chi connectivity index (χ0v) is 16.7. The maximum absolute atomic E-state index is 12.1. The van der Waals surface area contributed by atoms with E-state index in [0.29, 0.717) is 21.6 Å². The number of hydrogen-bond acceptors (Lipinski definition) is 8. The molecule has 0 aliphatic carbocycles. The molecule has 0 atom stereocenters. The molecule has 31 heavy (non-hydrogen) atoms. The molecule has 4 rings (SSSR count). The van der Waals surface area contributed by atoms with E-state index in [0.717, 1.165) is 11.3 Å². The van der Waals surface area contributed by atoms with Gasteiger partial charge >= 0.3 is 5.70 Å². The Hall–Kier alpha value is -4.31. The number of benzene rings is 3. The van der Waals surface area contributed by atoms with Gasteiger partial charge in [-0.2, -0.15) is 0 Å². The first kappa shape index (κ1) is 20.0.